The number of carboxylic acids is 1. The third-order valence-electron chi connectivity index (χ3n) is 2.83. The molecule has 0 saturated carbocycles. The molecule has 0 fully saturated rings. The van der Waals surface area contributed by atoms with E-state index in [-0.39, 0.29) is 30.0 Å². The molecule has 0 saturated heterocycles. The second-order valence-corrected chi connectivity index (χ2v) is 4.24. The highest BCUT2D eigenvalue weighted by Crippen LogP contribution is 2.33. The van der Waals surface area contributed by atoms with E-state index in [4.69, 9.17) is 10.2 Å². The number of nitrogens with zero attached hydrogens (tertiary/aromatic N) is 2. The number of carboxylic acid groups (broad SMARTS) is 1. The number of para-hydroxylation sites is 1. The summed E-state index contributed by atoms with van der Waals surface area (Å²) in [6.07, 6.45) is -3.40. The van der Waals surface area contributed by atoms with Gasteiger partial charge in [-0.05, 0) is 18.6 Å². The largest absolute Gasteiger partial charge is 0.476 e. The number of benzene rings is 1. The zero-order valence-electron chi connectivity index (χ0n) is 10.6. The molecular weight excluding hydrogens is 289 g/mol. The Balaban J connectivity index is 2.58. The van der Waals surface area contributed by atoms with Crippen LogP contribution in [0.1, 0.15) is 21.6 Å². The zero-order chi connectivity index (χ0) is 15.6. The van der Waals surface area contributed by atoms with Crippen molar-refractivity contribution in [3.63, 3.8) is 0 Å². The standard InChI is InChI=1S/C13H11F3N2O3/c14-13(15,16)9-3-1-2-4-10(9)18-7-8(5-6-19)11(17-18)12(20)21/h1-4,7,19H,5-6H2,(H,20,21). The van der Waals surface area contributed by atoms with E-state index < -0.39 is 17.7 Å². The van der Waals surface area contributed by atoms with Gasteiger partial charge in [0.25, 0.3) is 0 Å². The van der Waals surface area contributed by atoms with E-state index in [0.29, 0.717) is 0 Å². The predicted molar refractivity (Wildman–Crippen MR) is 66.3 cm³/mol. The summed E-state index contributed by atoms with van der Waals surface area (Å²) in [6, 6.07) is 4.73. The molecule has 0 unspecified atom stereocenters. The molecule has 1 heterocycles. The van der Waals surface area contributed by atoms with Gasteiger partial charge in [-0.15, -0.1) is 0 Å². The lowest BCUT2D eigenvalue weighted by Crippen LogP contribution is -2.11. The summed E-state index contributed by atoms with van der Waals surface area (Å²) in [4.78, 5) is 11.0. The first-order valence-electron chi connectivity index (χ1n) is 5.94. The number of aliphatic hydroxyl groups is 1. The number of aromatic carboxylic acids is 1. The van der Waals surface area contributed by atoms with Crippen molar-refractivity contribution < 1.29 is 28.2 Å². The first-order chi connectivity index (χ1) is 9.84. The lowest BCUT2D eigenvalue weighted by atomic mass is 10.1. The minimum atomic E-state index is -4.58. The molecule has 21 heavy (non-hydrogen) atoms. The lowest BCUT2D eigenvalue weighted by molar-refractivity contribution is -0.137. The summed E-state index contributed by atoms with van der Waals surface area (Å²) in [5.41, 5.74) is -1.39. The molecular formula is C13H11F3N2O3. The van der Waals surface area contributed by atoms with Gasteiger partial charge in [0.15, 0.2) is 5.69 Å². The van der Waals surface area contributed by atoms with Gasteiger partial charge >= 0.3 is 12.1 Å². The van der Waals surface area contributed by atoms with Crippen molar-refractivity contribution in [3.8, 4) is 5.69 Å². The Hall–Kier alpha value is -2.35. The number of hydrogen-bond acceptors (Lipinski definition) is 3. The second kappa shape index (κ2) is 5.57. The quantitative estimate of drug-likeness (QED) is 0.907. The van der Waals surface area contributed by atoms with Crippen LogP contribution in [0.2, 0.25) is 0 Å². The molecule has 112 valence electrons. The number of aliphatic hydroxyl groups excluding tert-OH is 1. The van der Waals surface area contributed by atoms with Gasteiger partial charge in [-0.25, -0.2) is 9.48 Å². The number of carbonyl (C=O) groups is 1. The SMILES string of the molecule is O=C(O)c1nn(-c2ccccc2C(F)(F)F)cc1CCO. The van der Waals surface area contributed by atoms with Crippen LogP contribution in [0.3, 0.4) is 0 Å². The van der Waals surface area contributed by atoms with Crippen molar-refractivity contribution in [2.24, 2.45) is 0 Å². The maximum Gasteiger partial charge on any atom is 0.418 e. The van der Waals surface area contributed by atoms with E-state index in [1.54, 1.807) is 0 Å². The van der Waals surface area contributed by atoms with Crippen molar-refractivity contribution in [1.29, 1.82) is 0 Å². The van der Waals surface area contributed by atoms with Gasteiger partial charge < -0.3 is 10.2 Å². The van der Waals surface area contributed by atoms with Crippen molar-refractivity contribution in [2.45, 2.75) is 12.6 Å². The Labute approximate surface area is 117 Å². The van der Waals surface area contributed by atoms with Crippen molar-refractivity contribution in [1.82, 2.24) is 9.78 Å². The molecule has 2 rings (SSSR count). The number of alkyl halides is 3. The molecule has 8 heteroatoms. The number of aromatic nitrogens is 2. The summed E-state index contributed by atoms with van der Waals surface area (Å²) in [7, 11) is 0. The maximum absolute atomic E-state index is 13.0. The van der Waals surface area contributed by atoms with Gasteiger partial charge in [0.1, 0.15) is 0 Å². The lowest BCUT2D eigenvalue weighted by Gasteiger charge is -2.12. The third kappa shape index (κ3) is 3.05. The fraction of sp³-hybridized carbons (Fsp3) is 0.231. The van der Waals surface area contributed by atoms with Crippen LogP contribution in [-0.4, -0.2) is 32.6 Å². The Morgan fingerprint density at radius 2 is 1.95 bits per heavy atom. The van der Waals surface area contributed by atoms with Crippen molar-refractivity contribution in [3.05, 3.63) is 47.3 Å². The van der Waals surface area contributed by atoms with Crippen molar-refractivity contribution >= 4 is 5.97 Å². The van der Waals surface area contributed by atoms with E-state index in [1.807, 2.05) is 0 Å². The van der Waals surface area contributed by atoms with Gasteiger partial charge in [0, 0.05) is 18.4 Å². The van der Waals surface area contributed by atoms with E-state index >= 15 is 0 Å². The highest BCUT2D eigenvalue weighted by molar-refractivity contribution is 5.87. The molecule has 2 aromatic rings. The molecule has 0 aliphatic carbocycles. The van der Waals surface area contributed by atoms with Crippen LogP contribution in [0, 0.1) is 0 Å². The van der Waals surface area contributed by atoms with Gasteiger partial charge in [-0.3, -0.25) is 0 Å². The fourth-order valence-corrected chi connectivity index (χ4v) is 1.93. The average molecular weight is 300 g/mol. The first kappa shape index (κ1) is 15.0. The molecule has 2 N–H and O–H groups in total. The van der Waals surface area contributed by atoms with Crippen LogP contribution >= 0.6 is 0 Å². The highest BCUT2D eigenvalue weighted by atomic mass is 19.4. The van der Waals surface area contributed by atoms with E-state index in [1.165, 1.54) is 24.4 Å². The highest BCUT2D eigenvalue weighted by Gasteiger charge is 2.34. The van der Waals surface area contributed by atoms with E-state index in [0.717, 1.165) is 10.7 Å². The first-order valence-corrected chi connectivity index (χ1v) is 5.94. The summed E-state index contributed by atoms with van der Waals surface area (Å²) in [5, 5.41) is 21.6. The zero-order valence-corrected chi connectivity index (χ0v) is 10.6. The monoisotopic (exact) mass is 300 g/mol. The van der Waals surface area contributed by atoms with Crippen LogP contribution in [0.25, 0.3) is 5.69 Å². The molecule has 0 bridgehead atoms. The summed E-state index contributed by atoms with van der Waals surface area (Å²) in [5.74, 6) is -1.36. The van der Waals surface area contributed by atoms with Crippen LogP contribution in [0.5, 0.6) is 0 Å². The number of halogens is 3. The van der Waals surface area contributed by atoms with E-state index in [9.17, 15) is 18.0 Å². The molecule has 0 atom stereocenters. The fourth-order valence-electron chi connectivity index (χ4n) is 1.93. The van der Waals surface area contributed by atoms with Crippen LogP contribution in [0.4, 0.5) is 13.2 Å². The molecule has 0 aliphatic rings. The van der Waals surface area contributed by atoms with E-state index in [2.05, 4.69) is 5.10 Å². The van der Waals surface area contributed by atoms with Gasteiger partial charge in [0.2, 0.25) is 0 Å². The molecule has 0 radical (unpaired) electrons. The molecule has 5 nitrogen and oxygen atoms in total. The number of rotatable bonds is 4. The predicted octanol–water partition coefficient (Wildman–Crippen LogP) is 2.12. The van der Waals surface area contributed by atoms with Gasteiger partial charge in [0.05, 0.1) is 11.3 Å². The van der Waals surface area contributed by atoms with Crippen molar-refractivity contribution in [2.75, 3.05) is 6.61 Å². The summed E-state index contributed by atoms with van der Waals surface area (Å²) >= 11 is 0. The minimum absolute atomic E-state index is 0.00415. The number of hydrogen-bond donors (Lipinski definition) is 2. The van der Waals surface area contributed by atoms with Crippen LogP contribution in [-0.2, 0) is 12.6 Å². The normalized spacial score (nSPS) is 11.6. The average Bonchev–Trinajstić information content (AvgIpc) is 2.82. The molecule has 1 aromatic carbocycles. The van der Waals surface area contributed by atoms with Gasteiger partial charge in [-0.2, -0.15) is 18.3 Å². The summed E-state index contributed by atoms with van der Waals surface area (Å²) in [6.45, 7) is -0.326. The summed E-state index contributed by atoms with van der Waals surface area (Å²) < 4.78 is 39.7. The molecule has 0 amide bonds. The smallest absolute Gasteiger partial charge is 0.418 e. The van der Waals surface area contributed by atoms with Crippen LogP contribution < -0.4 is 0 Å². The maximum atomic E-state index is 13.0. The third-order valence-corrected chi connectivity index (χ3v) is 2.83. The Morgan fingerprint density at radius 1 is 1.29 bits per heavy atom. The topological polar surface area (TPSA) is 75.3 Å². The molecule has 0 aliphatic heterocycles. The van der Waals surface area contributed by atoms with Gasteiger partial charge in [-0.1, -0.05) is 12.1 Å². The minimum Gasteiger partial charge on any atom is -0.476 e. The molecule has 1 aromatic heterocycles. The Kier molecular flexibility index (Phi) is 3.99. The van der Waals surface area contributed by atoms with Crippen LogP contribution in [0.15, 0.2) is 30.5 Å². The Morgan fingerprint density at radius 3 is 2.52 bits per heavy atom. The molecule has 0 spiro atoms. The second-order valence-electron chi connectivity index (χ2n) is 4.24. The Bertz CT molecular complexity index is 665.